The highest BCUT2D eigenvalue weighted by molar-refractivity contribution is 5.47. The Hall–Kier alpha value is -1.84. The van der Waals surface area contributed by atoms with Crippen LogP contribution in [0, 0.1) is 0 Å². The van der Waals surface area contributed by atoms with Crippen molar-refractivity contribution in [2.75, 3.05) is 11.9 Å². The molecular weight excluding hydrogens is 212 g/mol. The van der Waals surface area contributed by atoms with Crippen LogP contribution in [0.3, 0.4) is 0 Å². The Morgan fingerprint density at radius 2 is 2.29 bits per heavy atom. The lowest BCUT2D eigenvalue weighted by Crippen LogP contribution is -2.01. The van der Waals surface area contributed by atoms with Crippen molar-refractivity contribution in [3.63, 3.8) is 0 Å². The molecule has 0 aromatic carbocycles. The summed E-state index contributed by atoms with van der Waals surface area (Å²) in [6.07, 6.45) is 8.25. The lowest BCUT2D eigenvalue weighted by Gasteiger charge is -2.05. The first-order valence-corrected chi connectivity index (χ1v) is 6.11. The molecule has 1 saturated carbocycles. The molecule has 0 amide bonds. The third-order valence-corrected chi connectivity index (χ3v) is 2.97. The first kappa shape index (κ1) is 10.3. The van der Waals surface area contributed by atoms with Crippen LogP contribution >= 0.6 is 0 Å². The predicted molar refractivity (Wildman–Crippen MR) is 67.5 cm³/mol. The summed E-state index contributed by atoms with van der Waals surface area (Å²) in [5.74, 6) is 0.696. The van der Waals surface area contributed by atoms with Crippen molar-refractivity contribution in [2.24, 2.45) is 0 Å². The van der Waals surface area contributed by atoms with Gasteiger partial charge in [0.2, 0.25) is 0 Å². The number of rotatable bonds is 4. The van der Waals surface area contributed by atoms with E-state index in [1.54, 1.807) is 0 Å². The highest BCUT2D eigenvalue weighted by Gasteiger charge is 2.25. The molecule has 17 heavy (non-hydrogen) atoms. The minimum Gasteiger partial charge on any atom is -0.384 e. The van der Waals surface area contributed by atoms with Gasteiger partial charge in [-0.25, -0.2) is 4.68 Å². The average molecular weight is 228 g/mol. The molecule has 1 aliphatic carbocycles. The molecule has 2 aromatic heterocycles. The lowest BCUT2D eigenvalue weighted by molar-refractivity contribution is 0.833. The molecular formula is C13H16N4. The number of pyridine rings is 1. The summed E-state index contributed by atoms with van der Waals surface area (Å²) in [4.78, 5) is 4.23. The molecule has 1 fully saturated rings. The molecule has 4 nitrogen and oxygen atoms in total. The van der Waals surface area contributed by atoms with Crippen LogP contribution in [0.1, 0.15) is 31.4 Å². The van der Waals surface area contributed by atoms with Crippen LogP contribution in [-0.4, -0.2) is 21.3 Å². The molecule has 0 saturated heterocycles. The Labute approximate surface area is 101 Å². The monoisotopic (exact) mass is 228 g/mol. The van der Waals surface area contributed by atoms with Crippen LogP contribution in [0.25, 0.3) is 5.69 Å². The van der Waals surface area contributed by atoms with E-state index in [4.69, 9.17) is 0 Å². The largest absolute Gasteiger partial charge is 0.384 e. The van der Waals surface area contributed by atoms with Crippen LogP contribution in [0.4, 0.5) is 5.69 Å². The van der Waals surface area contributed by atoms with Gasteiger partial charge in [0, 0.05) is 18.7 Å². The second kappa shape index (κ2) is 4.20. The summed E-state index contributed by atoms with van der Waals surface area (Å²) in [5.41, 5.74) is 3.25. The zero-order valence-electron chi connectivity index (χ0n) is 9.93. The maximum absolute atomic E-state index is 4.59. The molecule has 0 aliphatic heterocycles. The molecule has 0 unspecified atom stereocenters. The molecule has 0 radical (unpaired) electrons. The quantitative estimate of drug-likeness (QED) is 0.874. The predicted octanol–water partition coefficient (Wildman–Crippen LogP) is 2.58. The molecule has 2 heterocycles. The maximum atomic E-state index is 4.59. The molecule has 3 rings (SSSR count). The number of nitrogens with zero attached hydrogens (tertiary/aromatic N) is 3. The summed E-state index contributed by atoms with van der Waals surface area (Å²) >= 11 is 0. The fourth-order valence-electron chi connectivity index (χ4n) is 1.93. The Morgan fingerprint density at radius 1 is 1.41 bits per heavy atom. The third kappa shape index (κ3) is 2.16. The molecule has 1 aliphatic rings. The second-order valence-electron chi connectivity index (χ2n) is 4.42. The van der Waals surface area contributed by atoms with Gasteiger partial charge in [0.25, 0.3) is 0 Å². The molecule has 88 valence electrons. The van der Waals surface area contributed by atoms with Gasteiger partial charge in [0.15, 0.2) is 0 Å². The SMILES string of the molecule is CCNc1cncc(-n2ccc(C3CC3)n2)c1. The van der Waals surface area contributed by atoms with E-state index in [9.17, 15) is 0 Å². The zero-order chi connectivity index (χ0) is 11.7. The van der Waals surface area contributed by atoms with Crippen molar-refractivity contribution in [1.82, 2.24) is 14.8 Å². The van der Waals surface area contributed by atoms with E-state index in [-0.39, 0.29) is 0 Å². The summed E-state index contributed by atoms with van der Waals surface area (Å²) in [6.45, 7) is 2.98. The number of anilines is 1. The van der Waals surface area contributed by atoms with Gasteiger partial charge in [-0.2, -0.15) is 5.10 Å². The van der Waals surface area contributed by atoms with Crippen molar-refractivity contribution in [1.29, 1.82) is 0 Å². The fourth-order valence-corrected chi connectivity index (χ4v) is 1.93. The number of hydrogen-bond donors (Lipinski definition) is 1. The van der Waals surface area contributed by atoms with Crippen LogP contribution in [0.15, 0.2) is 30.7 Å². The van der Waals surface area contributed by atoms with Gasteiger partial charge < -0.3 is 5.32 Å². The molecule has 0 atom stereocenters. The van der Waals surface area contributed by atoms with Crippen LogP contribution in [-0.2, 0) is 0 Å². The van der Waals surface area contributed by atoms with E-state index in [1.165, 1.54) is 18.5 Å². The molecule has 0 bridgehead atoms. The minimum absolute atomic E-state index is 0.696. The van der Waals surface area contributed by atoms with E-state index >= 15 is 0 Å². The first-order valence-electron chi connectivity index (χ1n) is 6.11. The van der Waals surface area contributed by atoms with Gasteiger partial charge in [0.1, 0.15) is 0 Å². The number of hydrogen-bond acceptors (Lipinski definition) is 3. The highest BCUT2D eigenvalue weighted by atomic mass is 15.3. The fraction of sp³-hybridized carbons (Fsp3) is 0.385. The lowest BCUT2D eigenvalue weighted by atomic mass is 10.3. The summed E-state index contributed by atoms with van der Waals surface area (Å²) in [7, 11) is 0. The van der Waals surface area contributed by atoms with Gasteiger partial charge in [0.05, 0.1) is 29.5 Å². The Kier molecular flexibility index (Phi) is 2.55. The van der Waals surface area contributed by atoms with E-state index in [1.807, 2.05) is 23.3 Å². The van der Waals surface area contributed by atoms with Crippen molar-refractivity contribution >= 4 is 5.69 Å². The minimum atomic E-state index is 0.696. The highest BCUT2D eigenvalue weighted by Crippen LogP contribution is 2.39. The smallest absolute Gasteiger partial charge is 0.0849 e. The van der Waals surface area contributed by atoms with Gasteiger partial charge in [-0.3, -0.25) is 4.98 Å². The van der Waals surface area contributed by atoms with Gasteiger partial charge in [-0.05, 0) is 31.9 Å². The molecule has 0 spiro atoms. The van der Waals surface area contributed by atoms with Crippen molar-refractivity contribution in [2.45, 2.75) is 25.7 Å². The molecule has 4 heteroatoms. The van der Waals surface area contributed by atoms with Gasteiger partial charge in [-0.15, -0.1) is 0 Å². The average Bonchev–Trinajstić information content (AvgIpc) is 3.08. The topological polar surface area (TPSA) is 42.7 Å². The van der Waals surface area contributed by atoms with Crippen LogP contribution in [0.2, 0.25) is 0 Å². The summed E-state index contributed by atoms with van der Waals surface area (Å²) in [5, 5.41) is 7.85. The van der Waals surface area contributed by atoms with Crippen LogP contribution in [0.5, 0.6) is 0 Å². The number of aromatic nitrogens is 3. The Bertz CT molecular complexity index is 514. The third-order valence-electron chi connectivity index (χ3n) is 2.97. The normalized spacial score (nSPS) is 14.9. The second-order valence-corrected chi connectivity index (χ2v) is 4.42. The van der Waals surface area contributed by atoms with E-state index in [2.05, 4.69) is 34.5 Å². The maximum Gasteiger partial charge on any atom is 0.0849 e. The van der Waals surface area contributed by atoms with Gasteiger partial charge >= 0.3 is 0 Å². The summed E-state index contributed by atoms with van der Waals surface area (Å²) < 4.78 is 1.90. The van der Waals surface area contributed by atoms with Crippen molar-refractivity contribution in [3.8, 4) is 5.69 Å². The molecule has 2 aromatic rings. The van der Waals surface area contributed by atoms with Gasteiger partial charge in [-0.1, -0.05) is 0 Å². The molecule has 1 N–H and O–H groups in total. The summed E-state index contributed by atoms with van der Waals surface area (Å²) in [6, 6.07) is 4.18. The van der Waals surface area contributed by atoms with E-state index in [0.717, 1.165) is 17.9 Å². The Morgan fingerprint density at radius 3 is 3.06 bits per heavy atom. The Balaban J connectivity index is 1.88. The van der Waals surface area contributed by atoms with E-state index < -0.39 is 0 Å². The standard InChI is InChI=1S/C13H16N4/c1-2-15-11-7-12(9-14-8-11)17-6-5-13(16-17)10-3-4-10/h5-10,15H,2-4H2,1H3. The first-order chi connectivity index (χ1) is 8.36. The zero-order valence-corrected chi connectivity index (χ0v) is 9.93. The number of nitrogens with one attached hydrogen (secondary N) is 1. The van der Waals surface area contributed by atoms with E-state index in [0.29, 0.717) is 5.92 Å². The van der Waals surface area contributed by atoms with Crippen molar-refractivity contribution < 1.29 is 0 Å². The van der Waals surface area contributed by atoms with Crippen LogP contribution < -0.4 is 5.32 Å². The van der Waals surface area contributed by atoms with Crippen molar-refractivity contribution in [3.05, 3.63) is 36.4 Å².